The van der Waals surface area contributed by atoms with E-state index in [0.29, 0.717) is 17.2 Å². The highest BCUT2D eigenvalue weighted by Gasteiger charge is 2.30. The van der Waals surface area contributed by atoms with Gasteiger partial charge in [-0.2, -0.15) is 5.10 Å². The number of rotatable bonds is 0. The molecule has 0 bridgehead atoms. The lowest BCUT2D eigenvalue weighted by Gasteiger charge is -2.20. The monoisotopic (exact) mass is 232 g/mol. The number of amides is 1. The van der Waals surface area contributed by atoms with E-state index < -0.39 is 0 Å². The summed E-state index contributed by atoms with van der Waals surface area (Å²) in [5, 5.41) is 8.81. The normalized spacial score (nSPS) is 15.9. The molecule has 1 aromatic heterocycles. The molecule has 0 radical (unpaired) electrons. The number of anilines is 2. The number of nitrogens with one attached hydrogen (secondary N) is 1. The Balaban J connectivity index is 2.50. The van der Waals surface area contributed by atoms with Crippen LogP contribution in [0.4, 0.5) is 11.5 Å². The van der Waals surface area contributed by atoms with Gasteiger partial charge < -0.3 is 5.32 Å². The van der Waals surface area contributed by atoms with Crippen molar-refractivity contribution in [2.45, 2.75) is 20.8 Å². The van der Waals surface area contributed by atoms with Gasteiger partial charge in [0.1, 0.15) is 5.71 Å². The number of carbonyl (C=O) groups excluding carboxylic acids is 1. The van der Waals surface area contributed by atoms with Crippen molar-refractivity contribution in [1.29, 1.82) is 0 Å². The molecule has 0 saturated carbocycles. The molecule has 1 N–H and O–H groups in total. The highest BCUT2D eigenvalue weighted by molar-refractivity contribution is 6.45. The second-order valence-corrected chi connectivity index (χ2v) is 5.05. The van der Waals surface area contributed by atoms with Gasteiger partial charge >= 0.3 is 0 Å². The van der Waals surface area contributed by atoms with Crippen molar-refractivity contribution in [3.63, 3.8) is 0 Å². The van der Waals surface area contributed by atoms with E-state index in [1.54, 1.807) is 24.3 Å². The van der Waals surface area contributed by atoms with Gasteiger partial charge in [-0.25, -0.2) is 9.99 Å². The van der Waals surface area contributed by atoms with Crippen LogP contribution in [0.5, 0.6) is 0 Å². The van der Waals surface area contributed by atoms with Crippen LogP contribution >= 0.6 is 0 Å². The molecule has 2 rings (SSSR count). The summed E-state index contributed by atoms with van der Waals surface area (Å²) in [6, 6.07) is 3.60. The maximum atomic E-state index is 12.1. The highest BCUT2D eigenvalue weighted by Crippen LogP contribution is 2.27. The third-order valence-corrected chi connectivity index (χ3v) is 2.52. The number of fused-ring (bicyclic) bond motifs is 1. The van der Waals surface area contributed by atoms with Crippen molar-refractivity contribution < 1.29 is 4.79 Å². The minimum atomic E-state index is -0.305. The summed E-state index contributed by atoms with van der Waals surface area (Å²) in [5.41, 5.74) is 0.876. The van der Waals surface area contributed by atoms with Crippen LogP contribution in [-0.2, 0) is 4.79 Å². The Bertz CT molecular complexity index is 488. The Labute approximate surface area is 101 Å². The Morgan fingerprint density at radius 3 is 2.71 bits per heavy atom. The molecule has 90 valence electrons. The van der Waals surface area contributed by atoms with Crippen LogP contribution in [0.3, 0.4) is 0 Å². The lowest BCUT2D eigenvalue weighted by molar-refractivity contribution is -0.110. The molecule has 17 heavy (non-hydrogen) atoms. The number of hydrazone groups is 1. The molecule has 0 aromatic carbocycles. The third-order valence-electron chi connectivity index (χ3n) is 2.52. The van der Waals surface area contributed by atoms with E-state index in [-0.39, 0.29) is 11.3 Å². The zero-order valence-corrected chi connectivity index (χ0v) is 10.5. The molecule has 0 aliphatic carbocycles. The summed E-state index contributed by atoms with van der Waals surface area (Å²) in [6.07, 6.45) is 1.68. The fourth-order valence-corrected chi connectivity index (χ4v) is 1.67. The second kappa shape index (κ2) is 3.84. The molecular weight excluding hydrogens is 216 g/mol. The Kier molecular flexibility index (Phi) is 2.61. The van der Waals surface area contributed by atoms with E-state index in [1.165, 1.54) is 0 Å². The van der Waals surface area contributed by atoms with Gasteiger partial charge in [-0.05, 0) is 12.1 Å². The van der Waals surface area contributed by atoms with E-state index in [1.807, 2.05) is 26.8 Å². The quantitative estimate of drug-likeness (QED) is 0.743. The van der Waals surface area contributed by atoms with Crippen LogP contribution in [0, 0.1) is 5.41 Å². The minimum absolute atomic E-state index is 0.170. The zero-order valence-electron chi connectivity index (χ0n) is 10.5. The fraction of sp³-hybridized carbons (Fsp3) is 0.417. The van der Waals surface area contributed by atoms with Gasteiger partial charge in [0.25, 0.3) is 5.91 Å². The van der Waals surface area contributed by atoms with Crippen molar-refractivity contribution in [2.75, 3.05) is 17.4 Å². The summed E-state index contributed by atoms with van der Waals surface area (Å²) >= 11 is 0. The maximum absolute atomic E-state index is 12.1. The van der Waals surface area contributed by atoms with Crippen LogP contribution in [0.15, 0.2) is 23.4 Å². The lowest BCUT2D eigenvalue weighted by atomic mass is 9.89. The molecule has 0 spiro atoms. The van der Waals surface area contributed by atoms with Gasteiger partial charge in [-0.3, -0.25) is 4.79 Å². The molecule has 1 amide bonds. The van der Waals surface area contributed by atoms with Crippen molar-refractivity contribution in [2.24, 2.45) is 10.5 Å². The number of pyridine rings is 1. The number of nitrogens with zero attached hydrogens (tertiary/aromatic N) is 3. The smallest absolute Gasteiger partial charge is 0.272 e. The first-order valence-electron chi connectivity index (χ1n) is 5.49. The minimum Gasteiger partial charge on any atom is -0.318 e. The van der Waals surface area contributed by atoms with Gasteiger partial charge in [0.05, 0.1) is 5.69 Å². The van der Waals surface area contributed by atoms with Crippen molar-refractivity contribution >= 4 is 23.1 Å². The molecule has 2 heterocycles. The summed E-state index contributed by atoms with van der Waals surface area (Å²) in [7, 11) is 1.79. The van der Waals surface area contributed by atoms with Gasteiger partial charge in [-0.1, -0.05) is 20.8 Å². The third kappa shape index (κ3) is 2.13. The van der Waals surface area contributed by atoms with Crippen LogP contribution in [0.1, 0.15) is 20.8 Å². The second-order valence-electron chi connectivity index (χ2n) is 5.05. The molecule has 0 saturated heterocycles. The Morgan fingerprint density at radius 1 is 1.35 bits per heavy atom. The Hall–Kier alpha value is -1.91. The standard InChI is InChI=1S/C12H16N4O/c1-12(2,3)9-11(17)14-8-6-5-7-13-10(8)16(4)15-9/h5-7H,1-4H3,(H,14,17). The molecule has 0 atom stereocenters. The van der Waals surface area contributed by atoms with Crippen LogP contribution in [0.2, 0.25) is 0 Å². The van der Waals surface area contributed by atoms with E-state index in [2.05, 4.69) is 15.4 Å². The van der Waals surface area contributed by atoms with Crippen molar-refractivity contribution in [1.82, 2.24) is 4.98 Å². The molecule has 0 unspecified atom stereocenters. The first-order chi connectivity index (χ1) is 7.89. The van der Waals surface area contributed by atoms with Crippen molar-refractivity contribution in [3.05, 3.63) is 18.3 Å². The average Bonchev–Trinajstić information content (AvgIpc) is 2.36. The highest BCUT2D eigenvalue weighted by atomic mass is 16.2. The number of hydrogen-bond donors (Lipinski definition) is 1. The Morgan fingerprint density at radius 2 is 2.06 bits per heavy atom. The molecule has 1 aromatic rings. The maximum Gasteiger partial charge on any atom is 0.272 e. The zero-order chi connectivity index (χ0) is 12.6. The van der Waals surface area contributed by atoms with E-state index >= 15 is 0 Å². The largest absolute Gasteiger partial charge is 0.318 e. The summed E-state index contributed by atoms with van der Waals surface area (Å²) in [6.45, 7) is 5.88. The fourth-order valence-electron chi connectivity index (χ4n) is 1.67. The lowest BCUT2D eigenvalue weighted by Crippen LogP contribution is -2.33. The predicted octanol–water partition coefficient (Wildman–Crippen LogP) is 1.87. The first-order valence-corrected chi connectivity index (χ1v) is 5.49. The molecule has 5 nitrogen and oxygen atoms in total. The van der Waals surface area contributed by atoms with Gasteiger partial charge in [-0.15, -0.1) is 0 Å². The van der Waals surface area contributed by atoms with Crippen LogP contribution < -0.4 is 10.3 Å². The number of hydrogen-bond acceptors (Lipinski definition) is 4. The van der Waals surface area contributed by atoms with E-state index in [4.69, 9.17) is 0 Å². The van der Waals surface area contributed by atoms with E-state index in [0.717, 1.165) is 0 Å². The summed E-state index contributed by atoms with van der Waals surface area (Å²) < 4.78 is 0. The number of aromatic nitrogens is 1. The molecular formula is C12H16N4O. The predicted molar refractivity (Wildman–Crippen MR) is 68.2 cm³/mol. The van der Waals surface area contributed by atoms with Crippen molar-refractivity contribution in [3.8, 4) is 0 Å². The SMILES string of the molecule is CN1N=C(C(C)(C)C)C(=O)Nc2cccnc21. The molecule has 0 fully saturated rings. The molecule has 1 aliphatic rings. The topological polar surface area (TPSA) is 57.6 Å². The van der Waals surface area contributed by atoms with Gasteiger partial charge in [0.15, 0.2) is 5.82 Å². The first kappa shape index (κ1) is 11.6. The van der Waals surface area contributed by atoms with Gasteiger partial charge in [0.2, 0.25) is 0 Å². The summed E-state index contributed by atoms with van der Waals surface area (Å²) in [4.78, 5) is 16.3. The van der Waals surface area contributed by atoms with E-state index in [9.17, 15) is 4.79 Å². The summed E-state index contributed by atoms with van der Waals surface area (Å²) in [5.74, 6) is 0.483. The van der Waals surface area contributed by atoms with Crippen LogP contribution in [0.25, 0.3) is 0 Å². The number of carbonyl (C=O) groups is 1. The average molecular weight is 232 g/mol. The molecule has 1 aliphatic heterocycles. The molecule has 5 heteroatoms. The van der Waals surface area contributed by atoms with Crippen LogP contribution in [-0.4, -0.2) is 23.7 Å². The van der Waals surface area contributed by atoms with Gasteiger partial charge in [0, 0.05) is 18.7 Å².